The van der Waals surface area contributed by atoms with Gasteiger partial charge in [-0.3, -0.25) is 4.79 Å². The molecule has 32 heavy (non-hydrogen) atoms. The molecular formula is C27H33NO4. The first-order valence-corrected chi connectivity index (χ1v) is 11.5. The first kappa shape index (κ1) is 23.6. The largest absolute Gasteiger partial charge is 0.477 e. The molecule has 2 aromatic rings. The zero-order chi connectivity index (χ0) is 22.9. The second-order valence-corrected chi connectivity index (χ2v) is 8.98. The Bertz CT molecular complexity index is 940. The monoisotopic (exact) mass is 435 g/mol. The number of para-hydroxylation sites is 1. The Kier molecular flexibility index (Phi) is 8.48. The van der Waals surface area contributed by atoms with Crippen molar-refractivity contribution in [3.8, 4) is 11.5 Å². The van der Waals surface area contributed by atoms with Gasteiger partial charge in [0, 0.05) is 6.42 Å². The van der Waals surface area contributed by atoms with E-state index in [1.807, 2.05) is 18.2 Å². The molecule has 0 bridgehead atoms. The minimum absolute atomic E-state index is 0.114. The second-order valence-electron chi connectivity index (χ2n) is 8.98. The maximum Gasteiger partial charge on any atom is 0.352 e. The fraction of sp³-hybridized carbons (Fsp3) is 0.407. The Balaban J connectivity index is 1.63. The van der Waals surface area contributed by atoms with Crippen LogP contribution in [-0.2, 0) is 16.0 Å². The lowest BCUT2D eigenvalue weighted by Crippen LogP contribution is -2.27. The minimum Gasteiger partial charge on any atom is -0.477 e. The number of amides is 1. The van der Waals surface area contributed by atoms with Gasteiger partial charge in [-0.25, -0.2) is 4.79 Å². The average Bonchev–Trinajstić information content (AvgIpc) is 3.28. The highest BCUT2D eigenvalue weighted by Crippen LogP contribution is 2.29. The van der Waals surface area contributed by atoms with Crippen molar-refractivity contribution in [2.24, 2.45) is 11.8 Å². The van der Waals surface area contributed by atoms with Gasteiger partial charge in [0.05, 0.1) is 0 Å². The van der Waals surface area contributed by atoms with Crippen LogP contribution in [-0.4, -0.2) is 17.0 Å². The summed E-state index contributed by atoms with van der Waals surface area (Å²) in [5.41, 5.74) is 1.72. The SMILES string of the molecule is CC(C)Cc1ccccc1Oc1ccc(/C=C(/NC(=O)CCC2CCCC2)C(=O)O)cc1. The Morgan fingerprint density at radius 2 is 1.78 bits per heavy atom. The van der Waals surface area contributed by atoms with E-state index < -0.39 is 5.97 Å². The standard InChI is InChI=1S/C27H33NO4/c1-19(2)17-22-9-5-6-10-25(22)32-23-14-11-21(12-15-23)18-24(27(30)31)28-26(29)16-13-20-7-3-4-8-20/h5-6,9-12,14-15,18-20H,3-4,7-8,13,16-17H2,1-2H3,(H,28,29)(H,30,31)/b24-18+. The predicted octanol–water partition coefficient (Wildman–Crippen LogP) is 6.19. The summed E-state index contributed by atoms with van der Waals surface area (Å²) in [5.74, 6) is 1.22. The molecule has 0 aliphatic heterocycles. The van der Waals surface area contributed by atoms with Crippen LogP contribution in [0.2, 0.25) is 0 Å². The van der Waals surface area contributed by atoms with E-state index in [0.29, 0.717) is 29.6 Å². The number of nitrogens with one attached hydrogen (secondary N) is 1. The van der Waals surface area contributed by atoms with Gasteiger partial charge in [-0.2, -0.15) is 0 Å². The molecular weight excluding hydrogens is 402 g/mol. The van der Waals surface area contributed by atoms with E-state index in [2.05, 4.69) is 25.2 Å². The van der Waals surface area contributed by atoms with Gasteiger partial charge in [-0.15, -0.1) is 0 Å². The summed E-state index contributed by atoms with van der Waals surface area (Å²) in [4.78, 5) is 23.9. The molecule has 0 radical (unpaired) electrons. The molecule has 5 heteroatoms. The third-order valence-electron chi connectivity index (χ3n) is 5.78. The molecule has 2 aromatic carbocycles. The zero-order valence-corrected chi connectivity index (χ0v) is 19.0. The summed E-state index contributed by atoms with van der Waals surface area (Å²) in [6.07, 6.45) is 8.40. The number of carboxylic acid groups (broad SMARTS) is 1. The van der Waals surface area contributed by atoms with Gasteiger partial charge in [0.2, 0.25) is 5.91 Å². The first-order chi connectivity index (χ1) is 15.4. The number of carbonyl (C=O) groups excluding carboxylic acids is 1. The maximum absolute atomic E-state index is 12.2. The van der Waals surface area contributed by atoms with Crippen LogP contribution in [0, 0.1) is 11.8 Å². The van der Waals surface area contributed by atoms with Crippen LogP contribution in [0.5, 0.6) is 11.5 Å². The number of ether oxygens (including phenoxy) is 1. The minimum atomic E-state index is -1.15. The smallest absolute Gasteiger partial charge is 0.352 e. The van der Waals surface area contributed by atoms with Gasteiger partial charge in [0.15, 0.2) is 0 Å². The van der Waals surface area contributed by atoms with Crippen molar-refractivity contribution in [3.05, 3.63) is 65.4 Å². The predicted molar refractivity (Wildman–Crippen MR) is 126 cm³/mol. The molecule has 3 rings (SSSR count). The van der Waals surface area contributed by atoms with Crippen molar-refractivity contribution in [1.29, 1.82) is 0 Å². The number of aliphatic carboxylic acids is 1. The summed E-state index contributed by atoms with van der Waals surface area (Å²) in [6, 6.07) is 15.2. The number of hydrogen-bond donors (Lipinski definition) is 2. The molecule has 1 aliphatic carbocycles. The van der Waals surface area contributed by atoms with Crippen LogP contribution in [0.4, 0.5) is 0 Å². The highest BCUT2D eigenvalue weighted by atomic mass is 16.5. The first-order valence-electron chi connectivity index (χ1n) is 11.5. The van der Waals surface area contributed by atoms with Gasteiger partial charge in [-0.1, -0.05) is 69.9 Å². The summed E-state index contributed by atoms with van der Waals surface area (Å²) in [7, 11) is 0. The van der Waals surface area contributed by atoms with Crippen molar-refractivity contribution < 1.29 is 19.4 Å². The van der Waals surface area contributed by atoms with Crippen LogP contribution in [0.25, 0.3) is 6.08 Å². The van der Waals surface area contributed by atoms with E-state index >= 15 is 0 Å². The van der Waals surface area contributed by atoms with Gasteiger partial charge in [-0.05, 0) is 60.1 Å². The molecule has 0 saturated heterocycles. The summed E-state index contributed by atoms with van der Waals surface area (Å²) < 4.78 is 6.06. The van der Waals surface area contributed by atoms with Crippen molar-refractivity contribution >= 4 is 18.0 Å². The molecule has 170 valence electrons. The highest BCUT2D eigenvalue weighted by molar-refractivity contribution is 5.96. The molecule has 2 N–H and O–H groups in total. The molecule has 1 saturated carbocycles. The van der Waals surface area contributed by atoms with Gasteiger partial charge in [0.1, 0.15) is 17.2 Å². The molecule has 1 aliphatic rings. The number of rotatable bonds is 10. The van der Waals surface area contributed by atoms with Gasteiger partial charge < -0.3 is 15.2 Å². The number of carbonyl (C=O) groups is 2. The Hall–Kier alpha value is -3.08. The highest BCUT2D eigenvalue weighted by Gasteiger charge is 2.18. The van der Waals surface area contributed by atoms with Crippen LogP contribution >= 0.6 is 0 Å². The van der Waals surface area contributed by atoms with E-state index in [1.165, 1.54) is 31.8 Å². The molecule has 1 amide bonds. The van der Waals surface area contributed by atoms with Crippen LogP contribution in [0.3, 0.4) is 0 Å². The van der Waals surface area contributed by atoms with Crippen molar-refractivity contribution in [3.63, 3.8) is 0 Å². The quantitative estimate of drug-likeness (QED) is 0.436. The molecule has 0 atom stereocenters. The normalized spacial score (nSPS) is 14.5. The lowest BCUT2D eigenvalue weighted by atomic mass is 10.0. The molecule has 5 nitrogen and oxygen atoms in total. The van der Waals surface area contributed by atoms with E-state index in [0.717, 1.165) is 24.2 Å². The van der Waals surface area contributed by atoms with Crippen LogP contribution in [0.1, 0.15) is 63.5 Å². The van der Waals surface area contributed by atoms with E-state index in [1.54, 1.807) is 24.3 Å². The fourth-order valence-corrected chi connectivity index (χ4v) is 4.14. The Morgan fingerprint density at radius 3 is 2.44 bits per heavy atom. The van der Waals surface area contributed by atoms with Gasteiger partial charge >= 0.3 is 5.97 Å². The third-order valence-corrected chi connectivity index (χ3v) is 5.78. The zero-order valence-electron chi connectivity index (χ0n) is 19.0. The topological polar surface area (TPSA) is 75.6 Å². The van der Waals surface area contributed by atoms with Crippen molar-refractivity contribution in [2.75, 3.05) is 0 Å². The number of carboxylic acids is 1. The van der Waals surface area contributed by atoms with E-state index in [-0.39, 0.29) is 11.6 Å². The molecule has 1 fully saturated rings. The molecule has 0 heterocycles. The fourth-order valence-electron chi connectivity index (χ4n) is 4.14. The lowest BCUT2D eigenvalue weighted by Gasteiger charge is -2.13. The lowest BCUT2D eigenvalue weighted by molar-refractivity contribution is -0.134. The van der Waals surface area contributed by atoms with Gasteiger partial charge in [0.25, 0.3) is 0 Å². The third kappa shape index (κ3) is 7.26. The summed E-state index contributed by atoms with van der Waals surface area (Å²) >= 11 is 0. The molecule has 0 aromatic heterocycles. The van der Waals surface area contributed by atoms with E-state index in [4.69, 9.17) is 4.74 Å². The maximum atomic E-state index is 12.2. The number of benzene rings is 2. The number of hydrogen-bond acceptors (Lipinski definition) is 3. The van der Waals surface area contributed by atoms with Crippen LogP contribution < -0.4 is 10.1 Å². The van der Waals surface area contributed by atoms with E-state index in [9.17, 15) is 14.7 Å². The molecule has 0 unspecified atom stereocenters. The Labute approximate surface area is 190 Å². The van der Waals surface area contributed by atoms with Crippen molar-refractivity contribution in [2.45, 2.75) is 58.8 Å². The second kappa shape index (κ2) is 11.5. The Morgan fingerprint density at radius 1 is 1.09 bits per heavy atom. The summed E-state index contributed by atoms with van der Waals surface area (Å²) in [6.45, 7) is 4.34. The summed E-state index contributed by atoms with van der Waals surface area (Å²) in [5, 5.41) is 12.1. The molecule has 0 spiro atoms. The van der Waals surface area contributed by atoms with Crippen LogP contribution in [0.15, 0.2) is 54.2 Å². The average molecular weight is 436 g/mol. The van der Waals surface area contributed by atoms with Crippen molar-refractivity contribution in [1.82, 2.24) is 5.32 Å².